The highest BCUT2D eigenvalue weighted by atomic mass is 35.5. The van der Waals surface area contributed by atoms with Gasteiger partial charge in [-0.25, -0.2) is 4.39 Å². The standard InChI is InChI=1S/C16H16Cl2FN/c1-9-4-5-12(6-10(9)2)11(3)20-13-7-14(17)16(19)15(18)8-13/h4-8,11,20H,1-3H3. The van der Waals surface area contributed by atoms with Gasteiger partial charge in [-0.2, -0.15) is 0 Å². The largest absolute Gasteiger partial charge is 0.378 e. The second-order valence-electron chi connectivity index (χ2n) is 4.96. The Morgan fingerprint density at radius 1 is 1.00 bits per heavy atom. The monoisotopic (exact) mass is 311 g/mol. The van der Waals surface area contributed by atoms with Crippen LogP contribution in [-0.4, -0.2) is 0 Å². The van der Waals surface area contributed by atoms with E-state index in [0.717, 1.165) is 5.56 Å². The van der Waals surface area contributed by atoms with Crippen molar-refractivity contribution in [1.82, 2.24) is 0 Å². The van der Waals surface area contributed by atoms with Gasteiger partial charge in [0.15, 0.2) is 5.82 Å². The molecule has 0 heterocycles. The molecule has 2 aromatic rings. The maximum absolute atomic E-state index is 13.4. The zero-order chi connectivity index (χ0) is 14.9. The Hall–Kier alpha value is -1.25. The molecule has 0 spiro atoms. The van der Waals surface area contributed by atoms with Crippen molar-refractivity contribution in [1.29, 1.82) is 0 Å². The van der Waals surface area contributed by atoms with E-state index in [1.165, 1.54) is 11.1 Å². The summed E-state index contributed by atoms with van der Waals surface area (Å²) in [5.74, 6) is -0.585. The molecule has 0 fully saturated rings. The molecule has 0 aliphatic carbocycles. The molecule has 106 valence electrons. The minimum atomic E-state index is -0.585. The average molecular weight is 312 g/mol. The number of aryl methyl sites for hydroxylation is 2. The van der Waals surface area contributed by atoms with Crippen molar-refractivity contribution in [3.05, 3.63) is 62.9 Å². The molecule has 1 atom stereocenters. The molecule has 2 aromatic carbocycles. The molecule has 0 aliphatic rings. The highest BCUT2D eigenvalue weighted by Crippen LogP contribution is 2.29. The number of benzene rings is 2. The van der Waals surface area contributed by atoms with E-state index in [4.69, 9.17) is 23.2 Å². The van der Waals surface area contributed by atoms with Gasteiger partial charge in [0.2, 0.25) is 0 Å². The summed E-state index contributed by atoms with van der Waals surface area (Å²) in [6.07, 6.45) is 0. The smallest absolute Gasteiger partial charge is 0.160 e. The highest BCUT2D eigenvalue weighted by molar-refractivity contribution is 6.35. The number of nitrogens with one attached hydrogen (secondary N) is 1. The first kappa shape index (κ1) is 15.1. The molecule has 1 N–H and O–H groups in total. The van der Waals surface area contributed by atoms with Crippen molar-refractivity contribution < 1.29 is 4.39 Å². The minimum Gasteiger partial charge on any atom is -0.378 e. The summed E-state index contributed by atoms with van der Waals surface area (Å²) in [4.78, 5) is 0. The van der Waals surface area contributed by atoms with E-state index in [0.29, 0.717) is 5.69 Å². The van der Waals surface area contributed by atoms with Gasteiger partial charge in [0, 0.05) is 11.7 Å². The molecule has 0 saturated heterocycles. The molecule has 4 heteroatoms. The molecule has 0 aliphatic heterocycles. The fourth-order valence-electron chi connectivity index (χ4n) is 2.01. The number of hydrogen-bond acceptors (Lipinski definition) is 1. The lowest BCUT2D eigenvalue weighted by Crippen LogP contribution is -2.07. The zero-order valence-corrected chi connectivity index (χ0v) is 13.1. The number of rotatable bonds is 3. The topological polar surface area (TPSA) is 12.0 Å². The Bertz CT molecular complexity index is 617. The quantitative estimate of drug-likeness (QED) is 0.693. The van der Waals surface area contributed by atoms with Crippen LogP contribution < -0.4 is 5.32 Å². The van der Waals surface area contributed by atoms with Crippen LogP contribution >= 0.6 is 23.2 Å². The van der Waals surface area contributed by atoms with Gasteiger partial charge < -0.3 is 5.32 Å². The molecule has 1 nitrogen and oxygen atoms in total. The molecule has 0 bridgehead atoms. The van der Waals surface area contributed by atoms with Crippen LogP contribution in [0.15, 0.2) is 30.3 Å². The summed E-state index contributed by atoms with van der Waals surface area (Å²) in [7, 11) is 0. The second kappa shape index (κ2) is 6.02. The summed E-state index contributed by atoms with van der Waals surface area (Å²) < 4.78 is 13.4. The van der Waals surface area contributed by atoms with Gasteiger partial charge in [0.1, 0.15) is 0 Å². The summed E-state index contributed by atoms with van der Waals surface area (Å²) in [5.41, 5.74) is 4.36. The molecule has 20 heavy (non-hydrogen) atoms. The Morgan fingerprint density at radius 2 is 1.60 bits per heavy atom. The van der Waals surface area contributed by atoms with Gasteiger partial charge in [-0.3, -0.25) is 0 Å². The van der Waals surface area contributed by atoms with E-state index in [9.17, 15) is 4.39 Å². The van der Waals surface area contributed by atoms with Crippen LogP contribution in [0.4, 0.5) is 10.1 Å². The van der Waals surface area contributed by atoms with Crippen molar-refractivity contribution in [3.8, 4) is 0 Å². The van der Waals surface area contributed by atoms with Crippen molar-refractivity contribution in [3.63, 3.8) is 0 Å². The number of halogens is 3. The third kappa shape index (κ3) is 3.25. The van der Waals surface area contributed by atoms with E-state index in [1.54, 1.807) is 12.1 Å². The minimum absolute atomic E-state index is 0.0206. The lowest BCUT2D eigenvalue weighted by Gasteiger charge is -2.17. The lowest BCUT2D eigenvalue weighted by atomic mass is 10.0. The van der Waals surface area contributed by atoms with Gasteiger partial charge in [-0.15, -0.1) is 0 Å². The Balaban J connectivity index is 2.23. The first-order chi connectivity index (χ1) is 9.38. The average Bonchev–Trinajstić information content (AvgIpc) is 2.39. The van der Waals surface area contributed by atoms with Crippen molar-refractivity contribution in [2.45, 2.75) is 26.8 Å². The molecule has 1 unspecified atom stereocenters. The molecular weight excluding hydrogens is 296 g/mol. The maximum Gasteiger partial charge on any atom is 0.160 e. The van der Waals surface area contributed by atoms with Gasteiger partial charge in [0.25, 0.3) is 0 Å². The zero-order valence-electron chi connectivity index (χ0n) is 11.6. The van der Waals surface area contributed by atoms with E-state index < -0.39 is 5.82 Å². The summed E-state index contributed by atoms with van der Waals surface area (Å²) in [6, 6.07) is 9.47. The Labute approximate surface area is 128 Å². The van der Waals surface area contributed by atoms with E-state index in [1.807, 2.05) is 6.92 Å². The second-order valence-corrected chi connectivity index (χ2v) is 5.78. The van der Waals surface area contributed by atoms with Crippen molar-refractivity contribution in [2.75, 3.05) is 5.32 Å². The van der Waals surface area contributed by atoms with Crippen LogP contribution in [0, 0.1) is 19.7 Å². The SMILES string of the molecule is Cc1ccc(C(C)Nc2cc(Cl)c(F)c(Cl)c2)cc1C. The van der Waals surface area contributed by atoms with Gasteiger partial charge in [-0.05, 0) is 49.6 Å². The number of anilines is 1. The predicted molar refractivity (Wildman–Crippen MR) is 84.4 cm³/mol. The van der Waals surface area contributed by atoms with Crippen molar-refractivity contribution >= 4 is 28.9 Å². The van der Waals surface area contributed by atoms with Crippen LogP contribution in [0.5, 0.6) is 0 Å². The molecule has 0 aromatic heterocycles. The third-order valence-corrected chi connectivity index (χ3v) is 3.95. The summed E-state index contributed by atoms with van der Waals surface area (Å²) in [5, 5.41) is 3.32. The van der Waals surface area contributed by atoms with Gasteiger partial charge in [-0.1, -0.05) is 41.4 Å². The first-order valence-corrected chi connectivity index (χ1v) is 7.12. The van der Waals surface area contributed by atoms with Crippen LogP contribution in [0.3, 0.4) is 0 Å². The molecule has 0 amide bonds. The van der Waals surface area contributed by atoms with Crippen LogP contribution in [-0.2, 0) is 0 Å². The highest BCUT2D eigenvalue weighted by Gasteiger charge is 2.11. The fraction of sp³-hybridized carbons (Fsp3) is 0.250. The first-order valence-electron chi connectivity index (χ1n) is 6.36. The van der Waals surface area contributed by atoms with Gasteiger partial charge in [0.05, 0.1) is 10.0 Å². The summed E-state index contributed by atoms with van der Waals surface area (Å²) >= 11 is 11.6. The third-order valence-electron chi connectivity index (χ3n) is 3.40. The predicted octanol–water partition coefficient (Wildman–Crippen LogP) is 5.92. The van der Waals surface area contributed by atoms with Crippen LogP contribution in [0.25, 0.3) is 0 Å². The fourth-order valence-corrected chi connectivity index (χ4v) is 2.49. The van der Waals surface area contributed by atoms with Crippen molar-refractivity contribution in [2.24, 2.45) is 0 Å². The van der Waals surface area contributed by atoms with E-state index in [2.05, 4.69) is 37.4 Å². The van der Waals surface area contributed by atoms with E-state index >= 15 is 0 Å². The van der Waals surface area contributed by atoms with E-state index in [-0.39, 0.29) is 16.1 Å². The Kier molecular flexibility index (Phi) is 4.56. The Morgan fingerprint density at radius 3 is 2.15 bits per heavy atom. The molecular formula is C16H16Cl2FN. The van der Waals surface area contributed by atoms with Crippen LogP contribution in [0.2, 0.25) is 10.0 Å². The van der Waals surface area contributed by atoms with Gasteiger partial charge >= 0.3 is 0 Å². The maximum atomic E-state index is 13.4. The molecule has 0 saturated carbocycles. The molecule has 0 radical (unpaired) electrons. The lowest BCUT2D eigenvalue weighted by molar-refractivity contribution is 0.628. The number of hydrogen-bond donors (Lipinski definition) is 1. The van der Waals surface area contributed by atoms with Crippen LogP contribution in [0.1, 0.15) is 29.7 Å². The summed E-state index contributed by atoms with van der Waals surface area (Å²) in [6.45, 7) is 6.20. The molecule has 2 rings (SSSR count). The normalized spacial score (nSPS) is 12.3.